The Labute approximate surface area is 114 Å². The first-order valence-electron chi connectivity index (χ1n) is 6.23. The van der Waals surface area contributed by atoms with Crippen LogP contribution in [0.1, 0.15) is 23.4 Å². The predicted octanol–water partition coefficient (Wildman–Crippen LogP) is 2.51. The molecule has 0 unspecified atom stereocenters. The number of halogens is 1. The van der Waals surface area contributed by atoms with Crippen LogP contribution in [-0.2, 0) is 13.2 Å². The molecule has 0 bridgehead atoms. The van der Waals surface area contributed by atoms with E-state index in [1.54, 1.807) is 18.2 Å². The van der Waals surface area contributed by atoms with E-state index < -0.39 is 0 Å². The third kappa shape index (κ3) is 3.48. The quantitative estimate of drug-likeness (QED) is 0.882. The summed E-state index contributed by atoms with van der Waals surface area (Å²) < 4.78 is 18.8. The second-order valence-corrected chi connectivity index (χ2v) is 5.52. The fraction of sp³-hybridized carbons (Fsp3) is 0.385. The third-order valence-corrected chi connectivity index (χ3v) is 3.71. The molecular weight excluding hydrogens is 265 g/mol. The van der Waals surface area contributed by atoms with E-state index in [1.165, 1.54) is 30.2 Å². The Hall–Kier alpha value is -1.53. The molecule has 3 rings (SSSR count). The molecule has 19 heavy (non-hydrogen) atoms. The molecule has 0 aliphatic heterocycles. The summed E-state index contributed by atoms with van der Waals surface area (Å²) in [6.45, 7) is 0.906. The van der Waals surface area contributed by atoms with Gasteiger partial charge in [-0.3, -0.25) is 0 Å². The van der Waals surface area contributed by atoms with Crippen LogP contribution in [-0.4, -0.2) is 16.2 Å². The van der Waals surface area contributed by atoms with Gasteiger partial charge in [0, 0.05) is 11.6 Å². The van der Waals surface area contributed by atoms with E-state index >= 15 is 0 Å². The second-order valence-electron chi connectivity index (χ2n) is 4.50. The maximum atomic E-state index is 13.4. The fourth-order valence-electron chi connectivity index (χ4n) is 1.64. The molecule has 100 valence electrons. The first-order valence-corrected chi connectivity index (χ1v) is 7.05. The molecule has 0 saturated heterocycles. The summed E-state index contributed by atoms with van der Waals surface area (Å²) >= 11 is 1.40. The average Bonchev–Trinajstić information content (AvgIpc) is 3.14. The topological polar surface area (TPSA) is 47.0 Å². The number of aromatic nitrogens is 2. The number of hydrogen-bond donors (Lipinski definition) is 1. The lowest BCUT2D eigenvalue weighted by molar-refractivity contribution is 0.295. The number of hydrogen-bond acceptors (Lipinski definition) is 5. The summed E-state index contributed by atoms with van der Waals surface area (Å²) in [6.07, 6.45) is 2.49. The van der Waals surface area contributed by atoms with Gasteiger partial charge in [-0.15, -0.1) is 5.10 Å². The van der Waals surface area contributed by atoms with Crippen molar-refractivity contribution < 1.29 is 9.13 Å². The maximum absolute atomic E-state index is 13.4. The van der Waals surface area contributed by atoms with Crippen LogP contribution in [0.2, 0.25) is 0 Å². The number of rotatable bonds is 6. The fourth-order valence-corrected chi connectivity index (χ4v) is 2.28. The molecule has 1 aromatic carbocycles. The van der Waals surface area contributed by atoms with Gasteiger partial charge in [-0.2, -0.15) is 0 Å². The van der Waals surface area contributed by atoms with Crippen molar-refractivity contribution in [2.75, 3.05) is 0 Å². The zero-order valence-corrected chi connectivity index (χ0v) is 11.1. The minimum atomic E-state index is -0.261. The molecule has 0 atom stereocenters. The van der Waals surface area contributed by atoms with Crippen molar-refractivity contribution in [3.8, 4) is 5.19 Å². The summed E-state index contributed by atoms with van der Waals surface area (Å²) in [6, 6.07) is 7.21. The number of nitrogens with zero attached hydrogens (tertiary/aromatic N) is 2. The lowest BCUT2D eigenvalue weighted by Crippen LogP contribution is -2.14. The lowest BCUT2D eigenvalue weighted by Gasteiger charge is -2.02. The van der Waals surface area contributed by atoms with Crippen molar-refractivity contribution >= 4 is 11.3 Å². The molecule has 1 fully saturated rings. The summed E-state index contributed by atoms with van der Waals surface area (Å²) in [5, 5.41) is 12.7. The van der Waals surface area contributed by atoms with Gasteiger partial charge in [-0.1, -0.05) is 34.6 Å². The molecule has 1 aromatic heterocycles. The van der Waals surface area contributed by atoms with E-state index in [4.69, 9.17) is 4.74 Å². The van der Waals surface area contributed by atoms with Gasteiger partial charge in [-0.05, 0) is 18.9 Å². The zero-order chi connectivity index (χ0) is 13.1. The van der Waals surface area contributed by atoms with Crippen LogP contribution in [0.25, 0.3) is 0 Å². The van der Waals surface area contributed by atoms with Crippen molar-refractivity contribution in [3.05, 3.63) is 40.7 Å². The van der Waals surface area contributed by atoms with Crippen molar-refractivity contribution in [2.24, 2.45) is 0 Å². The van der Waals surface area contributed by atoms with Gasteiger partial charge in [0.15, 0.2) is 0 Å². The van der Waals surface area contributed by atoms with Crippen molar-refractivity contribution in [1.82, 2.24) is 15.5 Å². The number of nitrogens with one attached hydrogen (secondary N) is 1. The summed E-state index contributed by atoms with van der Waals surface area (Å²) in [5.74, 6) is -0.261. The van der Waals surface area contributed by atoms with Gasteiger partial charge in [0.2, 0.25) is 0 Å². The van der Waals surface area contributed by atoms with Crippen LogP contribution in [0, 0.1) is 5.82 Å². The van der Waals surface area contributed by atoms with Crippen molar-refractivity contribution in [3.63, 3.8) is 0 Å². The van der Waals surface area contributed by atoms with Gasteiger partial charge >= 0.3 is 0 Å². The molecule has 2 aromatic rings. The third-order valence-electron chi connectivity index (χ3n) is 2.88. The first kappa shape index (κ1) is 12.5. The number of ether oxygens (including phenoxy) is 1. The Morgan fingerprint density at radius 1 is 1.32 bits per heavy atom. The van der Waals surface area contributed by atoms with Crippen LogP contribution < -0.4 is 10.1 Å². The van der Waals surface area contributed by atoms with E-state index in [2.05, 4.69) is 15.5 Å². The summed E-state index contributed by atoms with van der Waals surface area (Å²) in [4.78, 5) is 0. The highest BCUT2D eigenvalue weighted by Gasteiger charge is 2.20. The smallest absolute Gasteiger partial charge is 0.294 e. The normalized spacial score (nSPS) is 14.6. The molecule has 0 amide bonds. The lowest BCUT2D eigenvalue weighted by atomic mass is 10.2. The van der Waals surface area contributed by atoms with E-state index in [1.807, 2.05) is 0 Å². The summed E-state index contributed by atoms with van der Waals surface area (Å²) in [7, 11) is 0. The van der Waals surface area contributed by atoms with E-state index in [-0.39, 0.29) is 12.4 Å². The first-order chi connectivity index (χ1) is 9.31. The van der Waals surface area contributed by atoms with Crippen LogP contribution in [0.15, 0.2) is 24.3 Å². The highest BCUT2D eigenvalue weighted by atomic mass is 32.1. The van der Waals surface area contributed by atoms with Crippen molar-refractivity contribution in [1.29, 1.82) is 0 Å². The Balaban J connectivity index is 1.53. The van der Waals surface area contributed by atoms with Gasteiger partial charge in [0.1, 0.15) is 17.4 Å². The standard InChI is InChI=1S/C13H14FN3OS/c14-11-4-2-1-3-9(11)8-18-13-17-16-12(19-13)7-15-10-5-6-10/h1-4,10,15H,5-8H2. The van der Waals surface area contributed by atoms with E-state index in [0.29, 0.717) is 16.8 Å². The molecule has 1 saturated carbocycles. The number of benzene rings is 1. The Morgan fingerprint density at radius 3 is 2.95 bits per heavy atom. The second kappa shape index (κ2) is 5.63. The Bertz CT molecular complexity index is 556. The van der Waals surface area contributed by atoms with Gasteiger partial charge in [0.05, 0.1) is 6.54 Å². The Kier molecular flexibility index (Phi) is 3.70. The average molecular weight is 279 g/mol. The minimum absolute atomic E-state index is 0.178. The molecule has 4 nitrogen and oxygen atoms in total. The molecule has 1 N–H and O–H groups in total. The monoisotopic (exact) mass is 279 g/mol. The van der Waals surface area contributed by atoms with Crippen LogP contribution in [0.5, 0.6) is 5.19 Å². The molecule has 1 aliphatic rings. The van der Waals surface area contributed by atoms with Gasteiger partial charge in [-0.25, -0.2) is 4.39 Å². The molecule has 0 spiro atoms. The van der Waals surface area contributed by atoms with Gasteiger partial charge < -0.3 is 10.1 Å². The highest BCUT2D eigenvalue weighted by Crippen LogP contribution is 2.22. The molecular formula is C13H14FN3OS. The highest BCUT2D eigenvalue weighted by molar-refractivity contribution is 7.13. The predicted molar refractivity (Wildman–Crippen MR) is 70.5 cm³/mol. The van der Waals surface area contributed by atoms with Crippen LogP contribution in [0.3, 0.4) is 0 Å². The van der Waals surface area contributed by atoms with E-state index in [9.17, 15) is 4.39 Å². The SMILES string of the molecule is Fc1ccccc1COc1nnc(CNC2CC2)s1. The molecule has 0 radical (unpaired) electrons. The van der Waals surface area contributed by atoms with Gasteiger partial charge in [0.25, 0.3) is 5.19 Å². The molecule has 6 heteroatoms. The molecule has 1 heterocycles. The van der Waals surface area contributed by atoms with Crippen molar-refractivity contribution in [2.45, 2.75) is 32.0 Å². The summed E-state index contributed by atoms with van der Waals surface area (Å²) in [5.41, 5.74) is 0.523. The largest absolute Gasteiger partial charge is 0.464 e. The Morgan fingerprint density at radius 2 is 2.16 bits per heavy atom. The van der Waals surface area contributed by atoms with E-state index in [0.717, 1.165) is 11.6 Å². The van der Waals surface area contributed by atoms with Crippen LogP contribution >= 0.6 is 11.3 Å². The zero-order valence-electron chi connectivity index (χ0n) is 10.3. The minimum Gasteiger partial charge on any atom is -0.464 e. The molecule has 1 aliphatic carbocycles. The maximum Gasteiger partial charge on any atom is 0.294 e. The van der Waals surface area contributed by atoms with Crippen LogP contribution in [0.4, 0.5) is 4.39 Å².